The highest BCUT2D eigenvalue weighted by Gasteiger charge is 2.41. The first-order valence-electron chi connectivity index (χ1n) is 24.7. The van der Waals surface area contributed by atoms with Gasteiger partial charge in [0.25, 0.3) is 0 Å². The molecule has 0 radical (unpaired) electrons. The number of benzene rings is 1. The van der Waals surface area contributed by atoms with Gasteiger partial charge >= 0.3 is 5.97 Å². The fraction of sp³-hybridized carbons (Fsp3) is 0.633. The largest absolute Gasteiger partial charge is 0.480 e. The summed E-state index contributed by atoms with van der Waals surface area (Å²) in [6.45, 7) is 14.4. The maximum Gasteiger partial charge on any atom is 0.326 e. The van der Waals surface area contributed by atoms with Gasteiger partial charge in [0.05, 0.1) is 19.1 Å². The molecule has 72 heavy (non-hydrogen) atoms. The summed E-state index contributed by atoms with van der Waals surface area (Å²) in [6, 6.07) is -4.11. The number of para-hydroxylation sites is 1. The number of rotatable bonds is 28. The molecule has 0 unspecified atom stereocenters. The fourth-order valence-electron chi connectivity index (χ4n) is 8.31. The molecule has 1 aromatic carbocycles. The molecule has 1 aromatic heterocycles. The number of nitrogens with one attached hydrogen (secondary N) is 8. The minimum Gasteiger partial charge on any atom is -0.480 e. The lowest BCUT2D eigenvalue weighted by Crippen LogP contribution is -2.61. The van der Waals surface area contributed by atoms with Crippen LogP contribution in [0.5, 0.6) is 0 Å². The van der Waals surface area contributed by atoms with E-state index in [1.54, 1.807) is 47.7 Å². The second-order valence-electron chi connectivity index (χ2n) is 19.6. The van der Waals surface area contributed by atoms with E-state index in [4.69, 9.17) is 11.5 Å². The predicted octanol–water partition coefficient (Wildman–Crippen LogP) is -0.811. The number of aromatic amines is 1. The van der Waals surface area contributed by atoms with Crippen LogP contribution in [0.15, 0.2) is 30.5 Å². The molecule has 9 amide bonds. The van der Waals surface area contributed by atoms with Gasteiger partial charge in [0.15, 0.2) is 0 Å². The highest BCUT2D eigenvalue weighted by molar-refractivity contribution is 5.99. The van der Waals surface area contributed by atoms with Crippen molar-refractivity contribution in [3.63, 3.8) is 0 Å². The summed E-state index contributed by atoms with van der Waals surface area (Å²) in [4.78, 5) is 138. The Kier molecular flexibility index (Phi) is 23.1. The van der Waals surface area contributed by atoms with Gasteiger partial charge in [-0.2, -0.15) is 0 Å². The van der Waals surface area contributed by atoms with E-state index >= 15 is 0 Å². The van der Waals surface area contributed by atoms with E-state index in [1.165, 1.54) is 11.8 Å². The van der Waals surface area contributed by atoms with Gasteiger partial charge in [-0.1, -0.05) is 86.4 Å². The second-order valence-corrected chi connectivity index (χ2v) is 19.6. The van der Waals surface area contributed by atoms with Crippen molar-refractivity contribution in [3.8, 4) is 0 Å². The smallest absolute Gasteiger partial charge is 0.326 e. The molecule has 23 nitrogen and oxygen atoms in total. The summed E-state index contributed by atoms with van der Waals surface area (Å²) in [5.41, 5.74) is 12.4. The van der Waals surface area contributed by atoms with Gasteiger partial charge in [-0.25, -0.2) is 4.79 Å². The van der Waals surface area contributed by atoms with Crippen molar-refractivity contribution in [2.24, 2.45) is 35.1 Å². The Morgan fingerprint density at radius 3 is 1.81 bits per heavy atom. The van der Waals surface area contributed by atoms with Gasteiger partial charge < -0.3 is 68.8 Å². The molecule has 2 heterocycles. The Morgan fingerprint density at radius 2 is 1.26 bits per heavy atom. The predicted molar refractivity (Wildman–Crippen MR) is 266 cm³/mol. The normalized spacial score (nSPS) is 17.7. The number of amides is 9. The first-order valence-corrected chi connectivity index (χ1v) is 24.7. The average Bonchev–Trinajstić information content (AvgIpc) is 3.99. The number of H-pyrrole nitrogens is 1. The molecule has 0 aliphatic carbocycles. The van der Waals surface area contributed by atoms with Crippen LogP contribution in [0.4, 0.5) is 0 Å². The van der Waals surface area contributed by atoms with Gasteiger partial charge in [-0.05, 0) is 61.5 Å². The molecule has 2 aromatic rings. The third-order valence-electron chi connectivity index (χ3n) is 13.0. The summed E-state index contributed by atoms with van der Waals surface area (Å²) < 4.78 is 0. The SMILES string of the molecule is CC[C@H](C)[C@H](NC(=O)[C@H](Cc1c[nH]c2ccccc12)NC(=O)[C@@H]1CCCN1C(=O)[C@H](CO)NC(=O)[C@@H](NC(=O)[C@@H](N)CC(N)=O)[C@@H](C)CC)C(=O)N[C@@H](CC(C)C)C(=O)N[C@@H](C)C(=O)N[C@H](C(=O)O)C(C)C. The summed E-state index contributed by atoms with van der Waals surface area (Å²) in [5, 5.41) is 39.1. The first kappa shape index (κ1) is 59.7. The molecule has 1 aliphatic rings. The monoisotopic (exact) mass is 1010 g/mol. The number of nitrogens with zero attached hydrogens (tertiary/aromatic N) is 1. The van der Waals surface area contributed by atoms with Crippen molar-refractivity contribution in [1.82, 2.24) is 47.1 Å². The zero-order valence-electron chi connectivity index (χ0n) is 42.8. The molecule has 400 valence electrons. The topological polar surface area (TPSA) is 366 Å². The van der Waals surface area contributed by atoms with E-state index < -0.39 is 144 Å². The third-order valence-corrected chi connectivity index (χ3v) is 13.0. The van der Waals surface area contributed by atoms with Gasteiger partial charge in [0.1, 0.15) is 48.3 Å². The number of carbonyl (C=O) groups is 10. The van der Waals surface area contributed by atoms with Crippen molar-refractivity contribution in [2.75, 3.05) is 13.2 Å². The minimum atomic E-state index is -1.55. The molecule has 1 fully saturated rings. The number of fused-ring (bicyclic) bond motifs is 1. The number of carbonyl (C=O) groups excluding carboxylic acids is 9. The van der Waals surface area contributed by atoms with Crippen LogP contribution in [-0.4, -0.2) is 147 Å². The van der Waals surface area contributed by atoms with Crippen molar-refractivity contribution in [2.45, 2.75) is 162 Å². The molecular formula is C49H77N11O12. The Morgan fingerprint density at radius 1 is 0.708 bits per heavy atom. The maximum atomic E-state index is 14.6. The number of carboxylic acid groups (broad SMARTS) is 1. The average molecular weight is 1010 g/mol. The van der Waals surface area contributed by atoms with Crippen LogP contribution in [0, 0.1) is 23.7 Å². The van der Waals surface area contributed by atoms with E-state index in [0.717, 1.165) is 10.9 Å². The Bertz CT molecular complexity index is 2250. The molecule has 0 spiro atoms. The fourth-order valence-corrected chi connectivity index (χ4v) is 8.31. The standard InChI is InChI=1S/C49H77N11O12/c1-10-26(7)39(58-42(64)31(50)21-37(51)62)47(69)56-35(23-61)48(70)60-18-14-17-36(60)45(67)54-34(20-29-22-52-32-16-13-12-15-30(29)32)44(66)59-40(27(8)11-2)46(68)55-33(19-24(3)4)43(65)53-28(9)41(63)57-38(25(5)6)49(71)72/h12-13,15-16,22,24-28,31,33-36,38-40,52,61H,10-11,14,17-21,23,50H2,1-9H3,(H2,51,62)(H,53,65)(H,54,67)(H,55,68)(H,56,69)(H,57,63)(H,58,64)(H,59,66)(H,71,72)/t26-,27-,28-,31-,33-,34-,35-,36-,38-,39-,40-/m0/s1. The summed E-state index contributed by atoms with van der Waals surface area (Å²) in [6.07, 6.45) is 2.58. The lowest BCUT2D eigenvalue weighted by atomic mass is 9.95. The van der Waals surface area contributed by atoms with Crippen LogP contribution < -0.4 is 48.7 Å². The van der Waals surface area contributed by atoms with Gasteiger partial charge in [-0.3, -0.25) is 43.2 Å². The zero-order chi connectivity index (χ0) is 54.1. The van der Waals surface area contributed by atoms with Crippen LogP contribution in [0.25, 0.3) is 10.9 Å². The Hall–Kier alpha value is -6.62. The lowest BCUT2D eigenvalue weighted by molar-refractivity contribution is -0.143. The van der Waals surface area contributed by atoms with Crippen molar-refractivity contribution < 1.29 is 58.2 Å². The van der Waals surface area contributed by atoms with E-state index in [9.17, 15) is 58.2 Å². The number of hydrogen-bond donors (Lipinski definition) is 12. The van der Waals surface area contributed by atoms with Crippen LogP contribution in [0.1, 0.15) is 106 Å². The van der Waals surface area contributed by atoms with E-state index in [0.29, 0.717) is 24.8 Å². The van der Waals surface area contributed by atoms with Gasteiger partial charge in [0.2, 0.25) is 53.2 Å². The van der Waals surface area contributed by atoms with Gasteiger partial charge in [0, 0.05) is 30.1 Å². The first-order chi connectivity index (χ1) is 33.8. The quantitative estimate of drug-likeness (QED) is 0.0497. The highest BCUT2D eigenvalue weighted by Crippen LogP contribution is 2.23. The van der Waals surface area contributed by atoms with Crippen molar-refractivity contribution >= 4 is 70.0 Å². The van der Waals surface area contributed by atoms with E-state index in [-0.39, 0.29) is 31.7 Å². The lowest BCUT2D eigenvalue weighted by Gasteiger charge is -2.31. The third kappa shape index (κ3) is 16.7. The number of aliphatic hydroxyl groups is 1. The molecule has 0 bridgehead atoms. The van der Waals surface area contributed by atoms with Crippen molar-refractivity contribution in [3.05, 3.63) is 36.0 Å². The number of aromatic nitrogens is 1. The zero-order valence-corrected chi connectivity index (χ0v) is 42.8. The van der Waals surface area contributed by atoms with E-state index in [2.05, 4.69) is 42.2 Å². The molecule has 14 N–H and O–H groups in total. The van der Waals surface area contributed by atoms with E-state index in [1.807, 2.05) is 38.1 Å². The molecule has 1 aliphatic heterocycles. The number of carboxylic acids is 1. The van der Waals surface area contributed by atoms with Crippen molar-refractivity contribution in [1.29, 1.82) is 0 Å². The summed E-state index contributed by atoms with van der Waals surface area (Å²) >= 11 is 0. The minimum absolute atomic E-state index is 0.0573. The molecule has 3 rings (SSSR count). The van der Waals surface area contributed by atoms with Crippen LogP contribution >= 0.6 is 0 Å². The molecular weight excluding hydrogens is 935 g/mol. The molecule has 11 atom stereocenters. The van der Waals surface area contributed by atoms with Crippen LogP contribution in [0.2, 0.25) is 0 Å². The highest BCUT2D eigenvalue weighted by atomic mass is 16.4. The number of hydrogen-bond acceptors (Lipinski definition) is 12. The number of nitrogens with two attached hydrogens (primary N) is 2. The molecule has 0 saturated carbocycles. The van der Waals surface area contributed by atoms with Crippen LogP contribution in [-0.2, 0) is 54.4 Å². The second kappa shape index (κ2) is 27.8. The Balaban J connectivity index is 1.89. The van der Waals surface area contributed by atoms with Crippen LogP contribution in [0.3, 0.4) is 0 Å². The number of likely N-dealkylation sites (tertiary alicyclic amines) is 1. The molecule has 1 saturated heterocycles. The maximum absolute atomic E-state index is 14.6. The number of aliphatic hydroxyl groups excluding tert-OH is 1. The summed E-state index contributed by atoms with van der Waals surface area (Å²) in [5.74, 6) is -9.73. The van der Waals surface area contributed by atoms with Gasteiger partial charge in [-0.15, -0.1) is 0 Å². The number of aliphatic carboxylic acids is 1. The Labute approximate surface area is 420 Å². The summed E-state index contributed by atoms with van der Waals surface area (Å²) in [7, 11) is 0. The molecule has 23 heteroatoms. The number of primary amides is 1.